The molecular weight excluding hydrogens is 448 g/mol. The summed E-state index contributed by atoms with van der Waals surface area (Å²) in [6.45, 7) is 15.9. The number of rotatable bonds is 22. The van der Waals surface area contributed by atoms with Crippen molar-refractivity contribution >= 4 is 11.8 Å². The minimum Gasteiger partial charge on any atom is -0.351 e. The summed E-state index contributed by atoms with van der Waals surface area (Å²) in [5.74, 6) is -0.243. The van der Waals surface area contributed by atoms with Crippen molar-refractivity contribution in [3.63, 3.8) is 0 Å². The Morgan fingerprint density at radius 2 is 1.03 bits per heavy atom. The number of hydrogen-bond donors (Lipinski definition) is 2. The van der Waals surface area contributed by atoms with Gasteiger partial charge in [-0.25, -0.2) is 0 Å². The van der Waals surface area contributed by atoms with Crippen LogP contribution >= 0.6 is 0 Å². The van der Waals surface area contributed by atoms with Gasteiger partial charge in [0.25, 0.3) is 11.8 Å². The van der Waals surface area contributed by atoms with Crippen molar-refractivity contribution in [2.45, 2.75) is 91.9 Å². The Labute approximate surface area is 221 Å². The van der Waals surface area contributed by atoms with Crippen molar-refractivity contribution in [2.24, 2.45) is 0 Å². The molecule has 0 aromatic heterocycles. The highest BCUT2D eigenvalue weighted by atomic mass is 16.2. The van der Waals surface area contributed by atoms with Crippen molar-refractivity contribution < 1.29 is 9.59 Å². The Bertz CT molecular complexity index is 655. The van der Waals surface area contributed by atoms with E-state index in [4.69, 9.17) is 0 Å². The molecule has 0 aliphatic rings. The van der Waals surface area contributed by atoms with Gasteiger partial charge in [0, 0.05) is 37.3 Å². The zero-order valence-corrected chi connectivity index (χ0v) is 23.7. The number of carbonyl (C=O) groups excluding carboxylic acids is 2. The van der Waals surface area contributed by atoms with Crippen LogP contribution in [0.3, 0.4) is 0 Å². The SMILES string of the molecule is CCCCCCCN(CC)CCNC(=O)c1cccc(C(=O)NCCN(CC)CCCCCCC)c1. The van der Waals surface area contributed by atoms with E-state index in [1.165, 1.54) is 64.2 Å². The third kappa shape index (κ3) is 14.6. The van der Waals surface area contributed by atoms with Crippen LogP contribution in [0, 0.1) is 0 Å². The van der Waals surface area contributed by atoms with Crippen LogP contribution in [-0.2, 0) is 0 Å². The lowest BCUT2D eigenvalue weighted by Crippen LogP contribution is -2.36. The molecule has 206 valence electrons. The zero-order valence-electron chi connectivity index (χ0n) is 23.7. The van der Waals surface area contributed by atoms with Crippen LogP contribution in [0.2, 0.25) is 0 Å². The second-order valence-corrected chi connectivity index (χ2v) is 9.79. The highest BCUT2D eigenvalue weighted by Crippen LogP contribution is 2.07. The Morgan fingerprint density at radius 3 is 1.42 bits per heavy atom. The van der Waals surface area contributed by atoms with Gasteiger partial charge in [0.2, 0.25) is 0 Å². The molecule has 0 spiro atoms. The van der Waals surface area contributed by atoms with E-state index in [9.17, 15) is 9.59 Å². The quantitative estimate of drug-likeness (QED) is 0.199. The number of likely N-dealkylation sites (N-methyl/N-ethyl adjacent to an activating group) is 2. The van der Waals surface area contributed by atoms with E-state index >= 15 is 0 Å². The van der Waals surface area contributed by atoms with Gasteiger partial charge in [-0.2, -0.15) is 0 Å². The third-order valence-corrected chi connectivity index (χ3v) is 6.86. The topological polar surface area (TPSA) is 64.7 Å². The molecule has 0 aliphatic heterocycles. The molecule has 0 unspecified atom stereocenters. The molecule has 1 aromatic rings. The number of carbonyl (C=O) groups is 2. The van der Waals surface area contributed by atoms with Gasteiger partial charge in [0.15, 0.2) is 0 Å². The minimum atomic E-state index is -0.121. The molecule has 6 nitrogen and oxygen atoms in total. The highest BCUT2D eigenvalue weighted by Gasteiger charge is 2.11. The smallest absolute Gasteiger partial charge is 0.251 e. The van der Waals surface area contributed by atoms with Crippen LogP contribution < -0.4 is 10.6 Å². The van der Waals surface area contributed by atoms with Gasteiger partial charge in [-0.1, -0.05) is 85.1 Å². The molecule has 36 heavy (non-hydrogen) atoms. The molecule has 0 bridgehead atoms. The Balaban J connectivity index is 2.38. The number of unbranched alkanes of at least 4 members (excludes halogenated alkanes) is 8. The molecule has 1 rings (SSSR count). The predicted octanol–water partition coefficient (Wildman–Crippen LogP) is 5.73. The molecule has 0 radical (unpaired) electrons. The molecule has 2 amide bonds. The van der Waals surface area contributed by atoms with Crippen molar-refractivity contribution in [3.8, 4) is 0 Å². The zero-order chi connectivity index (χ0) is 26.4. The molecule has 0 atom stereocenters. The fraction of sp³-hybridized carbons (Fsp3) is 0.733. The fourth-order valence-electron chi connectivity index (χ4n) is 4.39. The monoisotopic (exact) mass is 502 g/mol. The normalized spacial score (nSPS) is 11.3. The van der Waals surface area contributed by atoms with Gasteiger partial charge in [-0.05, 0) is 57.2 Å². The lowest BCUT2D eigenvalue weighted by Gasteiger charge is -2.20. The largest absolute Gasteiger partial charge is 0.351 e. The molecule has 0 aliphatic carbocycles. The van der Waals surface area contributed by atoms with Crippen LogP contribution in [0.5, 0.6) is 0 Å². The lowest BCUT2D eigenvalue weighted by atomic mass is 10.1. The van der Waals surface area contributed by atoms with E-state index in [2.05, 4.69) is 48.1 Å². The first kappa shape index (κ1) is 32.1. The third-order valence-electron chi connectivity index (χ3n) is 6.86. The minimum absolute atomic E-state index is 0.121. The maximum atomic E-state index is 12.7. The molecular formula is C30H54N4O2. The number of nitrogens with one attached hydrogen (secondary N) is 2. The van der Waals surface area contributed by atoms with Crippen molar-refractivity contribution in [1.82, 2.24) is 20.4 Å². The standard InChI is InChI=1S/C30H54N4O2/c1-5-9-11-13-15-22-33(7-3)24-20-31-29(35)27-18-17-19-28(26-27)30(36)32-21-25-34(8-4)23-16-14-12-10-6-2/h17-19,26H,5-16,20-25H2,1-4H3,(H,31,35)(H,32,36). The average molecular weight is 503 g/mol. The van der Waals surface area contributed by atoms with Gasteiger partial charge >= 0.3 is 0 Å². The van der Waals surface area contributed by atoms with Gasteiger partial charge < -0.3 is 20.4 Å². The molecule has 6 heteroatoms. The van der Waals surface area contributed by atoms with Crippen molar-refractivity contribution in [1.29, 1.82) is 0 Å². The van der Waals surface area contributed by atoms with Crippen molar-refractivity contribution in [2.75, 3.05) is 52.4 Å². The van der Waals surface area contributed by atoms with Gasteiger partial charge in [0.1, 0.15) is 0 Å². The molecule has 0 saturated heterocycles. The fourth-order valence-corrected chi connectivity index (χ4v) is 4.39. The Morgan fingerprint density at radius 1 is 0.611 bits per heavy atom. The van der Waals surface area contributed by atoms with Crippen LogP contribution in [0.25, 0.3) is 0 Å². The summed E-state index contributed by atoms with van der Waals surface area (Å²) in [7, 11) is 0. The van der Waals surface area contributed by atoms with Crippen LogP contribution in [0.4, 0.5) is 0 Å². The first-order valence-corrected chi connectivity index (χ1v) is 14.7. The summed E-state index contributed by atoms with van der Waals surface area (Å²) >= 11 is 0. The summed E-state index contributed by atoms with van der Waals surface area (Å²) in [6, 6.07) is 7.03. The van der Waals surface area contributed by atoms with E-state index < -0.39 is 0 Å². The summed E-state index contributed by atoms with van der Waals surface area (Å²) in [4.78, 5) is 30.1. The molecule has 0 fully saturated rings. The van der Waals surface area contributed by atoms with E-state index in [0.29, 0.717) is 24.2 Å². The first-order valence-electron chi connectivity index (χ1n) is 14.7. The number of hydrogen-bond acceptors (Lipinski definition) is 4. The second kappa shape index (κ2) is 21.2. The maximum Gasteiger partial charge on any atom is 0.251 e. The highest BCUT2D eigenvalue weighted by molar-refractivity contribution is 5.99. The molecule has 1 aromatic carbocycles. The van der Waals surface area contributed by atoms with E-state index in [-0.39, 0.29) is 11.8 Å². The number of nitrogens with zero attached hydrogens (tertiary/aromatic N) is 2. The number of amides is 2. The first-order chi connectivity index (χ1) is 17.5. The maximum absolute atomic E-state index is 12.7. The van der Waals surface area contributed by atoms with Crippen LogP contribution in [0.15, 0.2) is 24.3 Å². The van der Waals surface area contributed by atoms with Crippen molar-refractivity contribution in [3.05, 3.63) is 35.4 Å². The number of benzene rings is 1. The summed E-state index contributed by atoms with van der Waals surface area (Å²) < 4.78 is 0. The second-order valence-electron chi connectivity index (χ2n) is 9.79. The average Bonchev–Trinajstić information content (AvgIpc) is 2.90. The lowest BCUT2D eigenvalue weighted by molar-refractivity contribution is 0.0947. The van der Waals surface area contributed by atoms with E-state index in [1.54, 1.807) is 24.3 Å². The van der Waals surface area contributed by atoms with Gasteiger partial charge in [-0.15, -0.1) is 0 Å². The van der Waals surface area contributed by atoms with E-state index in [0.717, 1.165) is 39.3 Å². The molecule has 0 saturated carbocycles. The Kier molecular flexibility index (Phi) is 18.9. The summed E-state index contributed by atoms with van der Waals surface area (Å²) in [5, 5.41) is 6.04. The predicted molar refractivity (Wildman–Crippen MR) is 153 cm³/mol. The molecule has 2 N–H and O–H groups in total. The molecule has 0 heterocycles. The van der Waals surface area contributed by atoms with E-state index in [1.807, 2.05) is 0 Å². The van der Waals surface area contributed by atoms with Crippen LogP contribution in [0.1, 0.15) is 113 Å². The van der Waals surface area contributed by atoms with Crippen LogP contribution in [-0.4, -0.2) is 74.0 Å². The Hall–Kier alpha value is -1.92. The summed E-state index contributed by atoms with van der Waals surface area (Å²) in [6.07, 6.45) is 12.8. The van der Waals surface area contributed by atoms with Gasteiger partial charge in [0.05, 0.1) is 0 Å². The summed E-state index contributed by atoms with van der Waals surface area (Å²) in [5.41, 5.74) is 1.07. The van der Waals surface area contributed by atoms with Gasteiger partial charge in [-0.3, -0.25) is 9.59 Å².